The zero-order valence-electron chi connectivity index (χ0n) is 8.48. The van der Waals surface area contributed by atoms with E-state index >= 15 is 0 Å². The summed E-state index contributed by atoms with van der Waals surface area (Å²) in [4.78, 5) is 0. The molecule has 1 nitrogen and oxygen atoms in total. The number of nitrogens with two attached hydrogens (primary N) is 1. The van der Waals surface area contributed by atoms with Gasteiger partial charge in [-0.2, -0.15) is 0 Å². The molecule has 0 aromatic heterocycles. The molecule has 0 unspecified atom stereocenters. The van der Waals surface area contributed by atoms with Gasteiger partial charge in [-0.3, -0.25) is 0 Å². The van der Waals surface area contributed by atoms with Crippen LogP contribution < -0.4 is 5.73 Å². The first-order chi connectivity index (χ1) is 7.31. The van der Waals surface area contributed by atoms with E-state index in [0.29, 0.717) is 0 Å². The van der Waals surface area contributed by atoms with Crippen LogP contribution in [0.3, 0.4) is 0 Å². The predicted molar refractivity (Wildman–Crippen MR) is 66.4 cm³/mol. The monoisotopic (exact) mass is 195 g/mol. The lowest BCUT2D eigenvalue weighted by Crippen LogP contribution is -1.90. The maximum atomic E-state index is 5.94. The van der Waals surface area contributed by atoms with E-state index in [1.807, 2.05) is 36.4 Å². The third-order valence-corrected chi connectivity index (χ3v) is 2.40. The van der Waals surface area contributed by atoms with E-state index in [1.165, 1.54) is 0 Å². The van der Waals surface area contributed by atoms with Gasteiger partial charge in [0.25, 0.3) is 0 Å². The SMILES string of the molecule is C=Cc1ccc(N)c(-c2ccccc2)c1. The van der Waals surface area contributed by atoms with Crippen LogP contribution in [0.2, 0.25) is 0 Å². The molecule has 0 atom stereocenters. The Morgan fingerprint density at radius 1 is 1.00 bits per heavy atom. The molecule has 1 heteroatoms. The lowest BCUT2D eigenvalue weighted by Gasteiger charge is -2.06. The first kappa shape index (κ1) is 9.53. The fourth-order valence-electron chi connectivity index (χ4n) is 1.57. The fourth-order valence-corrected chi connectivity index (χ4v) is 1.57. The molecule has 0 saturated carbocycles. The van der Waals surface area contributed by atoms with Crippen LogP contribution in [-0.2, 0) is 0 Å². The lowest BCUT2D eigenvalue weighted by atomic mass is 10.0. The van der Waals surface area contributed by atoms with Gasteiger partial charge in [0, 0.05) is 11.3 Å². The van der Waals surface area contributed by atoms with Gasteiger partial charge in [0.1, 0.15) is 0 Å². The van der Waals surface area contributed by atoms with Crippen molar-refractivity contribution in [1.82, 2.24) is 0 Å². The fraction of sp³-hybridized carbons (Fsp3) is 0. The van der Waals surface area contributed by atoms with E-state index in [2.05, 4.69) is 24.8 Å². The minimum atomic E-state index is 0.798. The quantitative estimate of drug-likeness (QED) is 0.728. The average Bonchev–Trinajstić information content (AvgIpc) is 2.31. The second kappa shape index (κ2) is 4.01. The Hall–Kier alpha value is -2.02. The number of benzene rings is 2. The molecule has 2 aromatic rings. The number of nitrogen functional groups attached to an aromatic ring is 1. The molecular weight excluding hydrogens is 182 g/mol. The molecule has 0 radical (unpaired) electrons. The molecule has 0 aliphatic carbocycles. The van der Waals surface area contributed by atoms with Crippen molar-refractivity contribution in [3.63, 3.8) is 0 Å². The van der Waals surface area contributed by atoms with Crippen LogP contribution in [0.5, 0.6) is 0 Å². The third-order valence-electron chi connectivity index (χ3n) is 2.40. The summed E-state index contributed by atoms with van der Waals surface area (Å²) in [5.41, 5.74) is 10.0. The first-order valence-electron chi connectivity index (χ1n) is 4.88. The topological polar surface area (TPSA) is 26.0 Å². The highest BCUT2D eigenvalue weighted by Crippen LogP contribution is 2.26. The van der Waals surface area contributed by atoms with Gasteiger partial charge < -0.3 is 5.73 Å². The summed E-state index contributed by atoms with van der Waals surface area (Å²) in [7, 11) is 0. The van der Waals surface area contributed by atoms with Crippen molar-refractivity contribution in [2.24, 2.45) is 0 Å². The molecule has 0 aliphatic heterocycles. The van der Waals surface area contributed by atoms with E-state index < -0.39 is 0 Å². The van der Waals surface area contributed by atoms with Crippen molar-refractivity contribution in [3.8, 4) is 11.1 Å². The van der Waals surface area contributed by atoms with Gasteiger partial charge in [-0.1, -0.05) is 49.1 Å². The van der Waals surface area contributed by atoms with Gasteiger partial charge in [0.2, 0.25) is 0 Å². The normalized spacial score (nSPS) is 9.87. The van der Waals surface area contributed by atoms with Gasteiger partial charge in [-0.05, 0) is 23.3 Å². The Morgan fingerprint density at radius 2 is 1.73 bits per heavy atom. The maximum Gasteiger partial charge on any atom is 0.0394 e. The second-order valence-electron chi connectivity index (χ2n) is 3.42. The lowest BCUT2D eigenvalue weighted by molar-refractivity contribution is 1.59. The van der Waals surface area contributed by atoms with Crippen LogP contribution in [0.25, 0.3) is 17.2 Å². The molecule has 15 heavy (non-hydrogen) atoms. The molecule has 0 saturated heterocycles. The highest BCUT2D eigenvalue weighted by atomic mass is 14.6. The second-order valence-corrected chi connectivity index (χ2v) is 3.42. The smallest absolute Gasteiger partial charge is 0.0394 e. The van der Waals surface area contributed by atoms with Crippen molar-refractivity contribution in [2.75, 3.05) is 5.73 Å². The van der Waals surface area contributed by atoms with E-state index in [9.17, 15) is 0 Å². The van der Waals surface area contributed by atoms with Gasteiger partial charge in [-0.15, -0.1) is 0 Å². The molecule has 0 aliphatic rings. The Kier molecular flexibility index (Phi) is 2.55. The summed E-state index contributed by atoms with van der Waals surface area (Å²) in [6.07, 6.45) is 1.83. The van der Waals surface area contributed by atoms with E-state index in [-0.39, 0.29) is 0 Å². The predicted octanol–water partition coefficient (Wildman–Crippen LogP) is 3.58. The molecule has 74 valence electrons. The average molecular weight is 195 g/mol. The largest absolute Gasteiger partial charge is 0.398 e. The summed E-state index contributed by atoms with van der Waals surface area (Å²) in [6, 6.07) is 16.1. The first-order valence-corrected chi connectivity index (χ1v) is 4.88. The maximum absolute atomic E-state index is 5.94. The van der Waals surface area contributed by atoms with Crippen LogP contribution in [0.15, 0.2) is 55.1 Å². The highest BCUT2D eigenvalue weighted by molar-refractivity contribution is 5.78. The minimum Gasteiger partial charge on any atom is -0.398 e. The van der Waals surface area contributed by atoms with Crippen molar-refractivity contribution < 1.29 is 0 Å². The van der Waals surface area contributed by atoms with Crippen LogP contribution in [-0.4, -0.2) is 0 Å². The van der Waals surface area contributed by atoms with Gasteiger partial charge in [0.15, 0.2) is 0 Å². The summed E-state index contributed by atoms with van der Waals surface area (Å²) in [5, 5.41) is 0. The van der Waals surface area contributed by atoms with Crippen molar-refractivity contribution >= 4 is 11.8 Å². The van der Waals surface area contributed by atoms with Crippen LogP contribution in [0, 0.1) is 0 Å². The highest BCUT2D eigenvalue weighted by Gasteiger charge is 2.01. The molecule has 0 fully saturated rings. The van der Waals surface area contributed by atoms with Gasteiger partial charge in [-0.25, -0.2) is 0 Å². The number of rotatable bonds is 2. The third kappa shape index (κ3) is 1.91. The van der Waals surface area contributed by atoms with E-state index in [4.69, 9.17) is 5.73 Å². The van der Waals surface area contributed by atoms with Gasteiger partial charge in [0.05, 0.1) is 0 Å². The number of hydrogen-bond acceptors (Lipinski definition) is 1. The molecule has 0 spiro atoms. The van der Waals surface area contributed by atoms with Gasteiger partial charge >= 0.3 is 0 Å². The van der Waals surface area contributed by atoms with Crippen LogP contribution in [0.1, 0.15) is 5.56 Å². The molecule has 2 N–H and O–H groups in total. The number of hydrogen-bond donors (Lipinski definition) is 1. The number of anilines is 1. The Morgan fingerprint density at radius 3 is 2.40 bits per heavy atom. The van der Waals surface area contributed by atoms with Crippen molar-refractivity contribution in [1.29, 1.82) is 0 Å². The minimum absolute atomic E-state index is 0.798. The van der Waals surface area contributed by atoms with Crippen molar-refractivity contribution in [2.45, 2.75) is 0 Å². The Bertz CT molecular complexity index is 472. The standard InChI is InChI=1S/C14H13N/c1-2-11-8-9-14(15)13(10-11)12-6-4-3-5-7-12/h2-10H,1,15H2. The Labute approximate surface area is 89.9 Å². The molecule has 2 rings (SSSR count). The van der Waals surface area contributed by atoms with E-state index in [0.717, 1.165) is 22.4 Å². The molecule has 0 heterocycles. The molecule has 0 amide bonds. The van der Waals surface area contributed by atoms with Crippen LogP contribution >= 0.6 is 0 Å². The Balaban J connectivity index is 2.57. The zero-order valence-corrected chi connectivity index (χ0v) is 8.48. The molecule has 0 bridgehead atoms. The summed E-state index contributed by atoms with van der Waals surface area (Å²) in [5.74, 6) is 0. The zero-order chi connectivity index (χ0) is 10.7. The molecule has 2 aromatic carbocycles. The van der Waals surface area contributed by atoms with E-state index in [1.54, 1.807) is 0 Å². The van der Waals surface area contributed by atoms with Crippen molar-refractivity contribution in [3.05, 3.63) is 60.7 Å². The summed E-state index contributed by atoms with van der Waals surface area (Å²) >= 11 is 0. The summed E-state index contributed by atoms with van der Waals surface area (Å²) < 4.78 is 0. The summed E-state index contributed by atoms with van der Waals surface area (Å²) in [6.45, 7) is 3.75. The van der Waals surface area contributed by atoms with Crippen LogP contribution in [0.4, 0.5) is 5.69 Å². The molecular formula is C14H13N.